The minimum atomic E-state index is -0.824. The molecule has 0 aromatic rings. The Bertz CT molecular complexity index is 545. The van der Waals surface area contributed by atoms with Crippen molar-refractivity contribution in [3.8, 4) is 0 Å². The number of hydrogen-bond donors (Lipinski definition) is 3. The lowest BCUT2D eigenvalue weighted by atomic mass is 9.38. The largest absolute Gasteiger partial charge is 0.396 e. The van der Waals surface area contributed by atoms with Crippen molar-refractivity contribution in [2.24, 2.45) is 28.1 Å². The Kier molecular flexibility index (Phi) is 3.23. The molecular weight excluding hydrogens is 288 g/mol. The molecule has 130 valence electrons. The minimum Gasteiger partial charge on any atom is -0.396 e. The van der Waals surface area contributed by atoms with Crippen LogP contribution < -0.4 is 0 Å². The van der Waals surface area contributed by atoms with Gasteiger partial charge in [-0.3, -0.25) is 0 Å². The summed E-state index contributed by atoms with van der Waals surface area (Å²) in [5.74, 6) is 0.669. The van der Waals surface area contributed by atoms with Crippen molar-refractivity contribution >= 4 is 0 Å². The van der Waals surface area contributed by atoms with Gasteiger partial charge >= 0.3 is 0 Å². The van der Waals surface area contributed by atoms with Gasteiger partial charge in [-0.2, -0.15) is 0 Å². The molecule has 1 spiro atoms. The molecule has 3 heteroatoms. The van der Waals surface area contributed by atoms with Crippen LogP contribution in [0.4, 0.5) is 0 Å². The number of allylic oxidation sites excluding steroid dienone is 1. The van der Waals surface area contributed by atoms with Gasteiger partial charge in [0.05, 0.1) is 11.7 Å². The van der Waals surface area contributed by atoms with Crippen LogP contribution in [0.5, 0.6) is 0 Å². The van der Waals surface area contributed by atoms with E-state index in [1.165, 1.54) is 5.57 Å². The lowest BCUT2D eigenvalue weighted by Gasteiger charge is -2.69. The van der Waals surface area contributed by atoms with Crippen LogP contribution in [0.15, 0.2) is 12.2 Å². The van der Waals surface area contributed by atoms with E-state index in [2.05, 4.69) is 20.4 Å². The fraction of sp³-hybridized carbons (Fsp3) is 0.900. The molecular formula is C20H32O3. The smallest absolute Gasteiger partial charge is 0.0788 e. The molecule has 0 unspecified atom stereocenters. The van der Waals surface area contributed by atoms with E-state index in [0.717, 1.165) is 51.4 Å². The van der Waals surface area contributed by atoms with Crippen LogP contribution in [0.2, 0.25) is 0 Å². The summed E-state index contributed by atoms with van der Waals surface area (Å²) in [5, 5.41) is 33.3. The molecule has 4 aliphatic rings. The van der Waals surface area contributed by atoms with E-state index < -0.39 is 17.1 Å². The standard InChI is InChI=1S/C20H32O3/c1-13-10-19-11-14(13)5-8-20(19,23)18(3)7-4-6-17(2,12-21)15(18)9-16(19)22/h14-16,21-23H,1,4-12H2,2-3H3/t14-,15-,16-,17-,18-,19-,20-/m1/s1. The third-order valence-corrected chi connectivity index (χ3v) is 8.87. The summed E-state index contributed by atoms with van der Waals surface area (Å²) in [7, 11) is 0. The van der Waals surface area contributed by atoms with Crippen LogP contribution in [0, 0.1) is 28.1 Å². The predicted molar refractivity (Wildman–Crippen MR) is 89.7 cm³/mol. The normalized spacial score (nSPS) is 58.7. The van der Waals surface area contributed by atoms with E-state index in [4.69, 9.17) is 0 Å². The molecule has 3 N–H and O–H groups in total. The van der Waals surface area contributed by atoms with Gasteiger partial charge in [-0.1, -0.05) is 32.4 Å². The lowest BCUT2D eigenvalue weighted by Crippen LogP contribution is -2.72. The number of hydrogen-bond acceptors (Lipinski definition) is 3. The van der Waals surface area contributed by atoms with Gasteiger partial charge in [0.1, 0.15) is 0 Å². The maximum atomic E-state index is 12.1. The highest BCUT2D eigenvalue weighted by Gasteiger charge is 2.73. The summed E-state index contributed by atoms with van der Waals surface area (Å²) in [4.78, 5) is 0. The first kappa shape index (κ1) is 16.1. The molecule has 0 saturated heterocycles. The highest BCUT2D eigenvalue weighted by Crippen LogP contribution is 2.73. The van der Waals surface area contributed by atoms with E-state index in [-0.39, 0.29) is 23.4 Å². The number of fused-ring (bicyclic) bond motifs is 3. The summed E-state index contributed by atoms with van der Waals surface area (Å²) < 4.78 is 0. The third kappa shape index (κ3) is 1.67. The molecule has 0 amide bonds. The van der Waals surface area contributed by atoms with Gasteiger partial charge in [0.15, 0.2) is 0 Å². The zero-order chi connectivity index (χ0) is 16.7. The van der Waals surface area contributed by atoms with E-state index >= 15 is 0 Å². The fourth-order valence-corrected chi connectivity index (χ4v) is 7.50. The summed E-state index contributed by atoms with van der Waals surface area (Å²) >= 11 is 0. The highest BCUT2D eigenvalue weighted by molar-refractivity contribution is 5.30. The van der Waals surface area contributed by atoms with E-state index in [1.807, 2.05) is 0 Å². The Balaban J connectivity index is 1.85. The van der Waals surface area contributed by atoms with Crippen molar-refractivity contribution in [3.05, 3.63) is 12.2 Å². The van der Waals surface area contributed by atoms with Gasteiger partial charge in [-0.15, -0.1) is 0 Å². The Morgan fingerprint density at radius 3 is 2.65 bits per heavy atom. The summed E-state index contributed by atoms with van der Waals surface area (Å²) in [5.41, 5.74) is -0.376. The zero-order valence-electron chi connectivity index (χ0n) is 14.6. The zero-order valence-corrected chi connectivity index (χ0v) is 14.6. The summed E-state index contributed by atoms with van der Waals surface area (Å²) in [6.07, 6.45) is 6.78. The average molecular weight is 320 g/mol. The van der Waals surface area contributed by atoms with Crippen LogP contribution in [-0.2, 0) is 0 Å². The van der Waals surface area contributed by atoms with Crippen LogP contribution in [0.3, 0.4) is 0 Å². The second kappa shape index (κ2) is 4.62. The van der Waals surface area contributed by atoms with Crippen molar-refractivity contribution in [2.45, 2.75) is 76.9 Å². The van der Waals surface area contributed by atoms with E-state index in [9.17, 15) is 15.3 Å². The number of aliphatic hydroxyl groups excluding tert-OH is 2. The molecule has 2 bridgehead atoms. The molecule has 0 aromatic heterocycles. The van der Waals surface area contributed by atoms with Crippen LogP contribution >= 0.6 is 0 Å². The lowest BCUT2D eigenvalue weighted by molar-refractivity contribution is -0.296. The van der Waals surface area contributed by atoms with Crippen LogP contribution in [0.25, 0.3) is 0 Å². The molecule has 4 aliphatic carbocycles. The molecule has 4 rings (SSSR count). The van der Waals surface area contributed by atoms with Gasteiger partial charge < -0.3 is 15.3 Å². The Hall–Kier alpha value is -0.380. The van der Waals surface area contributed by atoms with Gasteiger partial charge in [0, 0.05) is 17.4 Å². The first-order valence-corrected chi connectivity index (χ1v) is 9.41. The fourth-order valence-electron chi connectivity index (χ4n) is 7.50. The predicted octanol–water partition coefficient (Wildman–Crippen LogP) is 3.03. The second-order valence-corrected chi connectivity index (χ2v) is 9.68. The molecule has 23 heavy (non-hydrogen) atoms. The molecule has 0 aliphatic heterocycles. The Labute approximate surface area is 139 Å². The quantitative estimate of drug-likeness (QED) is 0.651. The first-order valence-electron chi connectivity index (χ1n) is 9.41. The van der Waals surface area contributed by atoms with Crippen LogP contribution in [-0.4, -0.2) is 33.6 Å². The van der Waals surface area contributed by atoms with Gasteiger partial charge in [0.2, 0.25) is 0 Å². The molecule has 3 nitrogen and oxygen atoms in total. The van der Waals surface area contributed by atoms with Crippen molar-refractivity contribution in [1.82, 2.24) is 0 Å². The van der Waals surface area contributed by atoms with E-state index in [1.54, 1.807) is 0 Å². The van der Waals surface area contributed by atoms with Gasteiger partial charge in [-0.05, 0) is 62.2 Å². The first-order chi connectivity index (χ1) is 10.7. The topological polar surface area (TPSA) is 60.7 Å². The summed E-state index contributed by atoms with van der Waals surface area (Å²) in [6, 6.07) is 0. The second-order valence-electron chi connectivity index (χ2n) is 9.68. The molecule has 4 fully saturated rings. The van der Waals surface area contributed by atoms with Crippen molar-refractivity contribution < 1.29 is 15.3 Å². The third-order valence-electron chi connectivity index (χ3n) is 8.87. The Morgan fingerprint density at radius 2 is 1.96 bits per heavy atom. The SMILES string of the molecule is C=C1C[C@]23C[C@H]1CC[C@@]2(O)[C@]1(C)CCC[C@](C)(CO)[C@H]1C[C@H]3O. The van der Waals surface area contributed by atoms with Crippen LogP contribution in [0.1, 0.15) is 65.2 Å². The number of aliphatic hydroxyl groups is 3. The molecule has 4 saturated carbocycles. The molecule has 0 aromatic carbocycles. The minimum absolute atomic E-state index is 0.151. The monoisotopic (exact) mass is 320 g/mol. The average Bonchev–Trinajstić information content (AvgIpc) is 2.80. The van der Waals surface area contributed by atoms with Crippen molar-refractivity contribution in [3.63, 3.8) is 0 Å². The summed E-state index contributed by atoms with van der Waals surface area (Å²) in [6.45, 7) is 8.81. The maximum Gasteiger partial charge on any atom is 0.0788 e. The Morgan fingerprint density at radius 1 is 1.22 bits per heavy atom. The maximum absolute atomic E-state index is 12.1. The highest BCUT2D eigenvalue weighted by atomic mass is 16.3. The van der Waals surface area contributed by atoms with Gasteiger partial charge in [0.25, 0.3) is 0 Å². The van der Waals surface area contributed by atoms with E-state index in [0.29, 0.717) is 5.92 Å². The molecule has 0 radical (unpaired) electrons. The number of rotatable bonds is 1. The molecule has 0 heterocycles. The van der Waals surface area contributed by atoms with Crippen molar-refractivity contribution in [2.75, 3.05) is 6.61 Å². The van der Waals surface area contributed by atoms with Crippen molar-refractivity contribution in [1.29, 1.82) is 0 Å². The molecule has 7 atom stereocenters. The van der Waals surface area contributed by atoms with Gasteiger partial charge in [-0.25, -0.2) is 0 Å².